The van der Waals surface area contributed by atoms with Crippen molar-refractivity contribution in [3.05, 3.63) is 30.1 Å². The van der Waals surface area contributed by atoms with Gasteiger partial charge in [-0.3, -0.25) is 14.8 Å². The number of hydrogen-bond acceptors (Lipinski definition) is 7. The quantitative estimate of drug-likeness (QED) is 0.739. The van der Waals surface area contributed by atoms with E-state index in [1.165, 1.54) is 12.8 Å². The predicted molar refractivity (Wildman–Crippen MR) is 128 cm³/mol. The molecule has 0 radical (unpaired) electrons. The maximum Gasteiger partial charge on any atom is 0.225 e. The van der Waals surface area contributed by atoms with E-state index in [0.29, 0.717) is 23.7 Å². The maximum atomic E-state index is 13.2. The van der Waals surface area contributed by atoms with Crippen LogP contribution in [0.5, 0.6) is 0 Å². The number of rotatable bonds is 4. The van der Waals surface area contributed by atoms with Crippen molar-refractivity contribution in [3.63, 3.8) is 0 Å². The molecular weight excluding hydrogens is 414 g/mol. The van der Waals surface area contributed by atoms with Crippen molar-refractivity contribution in [1.82, 2.24) is 25.5 Å². The summed E-state index contributed by atoms with van der Waals surface area (Å²) in [5, 5.41) is 16.2. The number of benzene rings is 1. The van der Waals surface area contributed by atoms with Crippen LogP contribution in [0.25, 0.3) is 11.0 Å². The van der Waals surface area contributed by atoms with Crippen molar-refractivity contribution in [2.24, 2.45) is 11.8 Å². The second-order valence-electron chi connectivity index (χ2n) is 9.79. The van der Waals surface area contributed by atoms with E-state index in [4.69, 9.17) is 0 Å². The summed E-state index contributed by atoms with van der Waals surface area (Å²) >= 11 is 0. The highest BCUT2D eigenvalue weighted by molar-refractivity contribution is 5.92. The molecule has 3 saturated heterocycles. The number of nitrogens with zero attached hydrogens (tertiary/aromatic N) is 5. The Labute approximate surface area is 195 Å². The Balaban J connectivity index is 1.21. The Morgan fingerprint density at radius 3 is 2.55 bits per heavy atom. The SMILES string of the molecule is C[C@H]1CN(c2ccc(C#N)c3nccnc23)CC1C(=O)NC1CCN(C2CCNCC2)CC1. The Bertz CT molecular complexity index is 1040. The molecule has 0 spiro atoms. The highest BCUT2D eigenvalue weighted by Crippen LogP contribution is 2.33. The molecular formula is C25H33N7O. The zero-order valence-electron chi connectivity index (χ0n) is 19.3. The molecule has 2 N–H and O–H groups in total. The number of hydrogen-bond donors (Lipinski definition) is 2. The highest BCUT2D eigenvalue weighted by Gasteiger charge is 2.37. The van der Waals surface area contributed by atoms with Crippen molar-refractivity contribution in [2.45, 2.75) is 44.7 Å². The van der Waals surface area contributed by atoms with Gasteiger partial charge in [0, 0.05) is 50.7 Å². The van der Waals surface area contributed by atoms with Crippen LogP contribution in [-0.2, 0) is 4.79 Å². The lowest BCUT2D eigenvalue weighted by Crippen LogP contribution is -2.51. The first-order valence-corrected chi connectivity index (χ1v) is 12.3. The van der Waals surface area contributed by atoms with Crippen LogP contribution in [0.4, 0.5) is 5.69 Å². The number of nitrogens with one attached hydrogen (secondary N) is 2. The Kier molecular flexibility index (Phi) is 6.43. The molecule has 1 unspecified atom stereocenters. The molecule has 0 saturated carbocycles. The molecule has 5 rings (SSSR count). The van der Waals surface area contributed by atoms with Crippen LogP contribution in [0, 0.1) is 23.2 Å². The summed E-state index contributed by atoms with van der Waals surface area (Å²) in [6.07, 6.45) is 7.83. The number of amides is 1. The molecule has 8 nitrogen and oxygen atoms in total. The standard InChI is InChI=1S/C25H33N7O/c1-17-15-32(22-3-2-18(14-26)23-24(22)29-11-10-28-23)16-21(17)25(33)30-19-6-12-31(13-7-19)20-4-8-27-9-5-20/h2-3,10-11,17,19-21,27H,4-9,12-13,15-16H2,1H3,(H,30,33)/t17-,21?/m0/s1. The van der Waals surface area contributed by atoms with Gasteiger partial charge < -0.3 is 20.4 Å². The Morgan fingerprint density at radius 1 is 1.09 bits per heavy atom. The molecule has 8 heteroatoms. The van der Waals surface area contributed by atoms with E-state index >= 15 is 0 Å². The zero-order chi connectivity index (χ0) is 22.8. The molecule has 0 aliphatic carbocycles. The predicted octanol–water partition coefficient (Wildman–Crippen LogP) is 1.91. The van der Waals surface area contributed by atoms with Crippen LogP contribution in [0.1, 0.15) is 38.2 Å². The largest absolute Gasteiger partial charge is 0.369 e. The van der Waals surface area contributed by atoms with E-state index in [-0.39, 0.29) is 23.8 Å². The fourth-order valence-electron chi connectivity index (χ4n) is 5.78. The number of fused-ring (bicyclic) bond motifs is 1. The lowest BCUT2D eigenvalue weighted by Gasteiger charge is -2.39. The lowest BCUT2D eigenvalue weighted by molar-refractivity contribution is -0.126. The number of nitriles is 1. The summed E-state index contributed by atoms with van der Waals surface area (Å²) in [6, 6.07) is 6.93. The van der Waals surface area contributed by atoms with E-state index in [1.54, 1.807) is 18.5 Å². The van der Waals surface area contributed by atoms with Gasteiger partial charge in [0.05, 0.1) is 17.2 Å². The van der Waals surface area contributed by atoms with E-state index in [1.807, 2.05) is 6.07 Å². The van der Waals surface area contributed by atoms with Gasteiger partial charge in [0.2, 0.25) is 5.91 Å². The molecule has 2 aromatic rings. The molecule has 3 fully saturated rings. The molecule has 2 atom stereocenters. The number of likely N-dealkylation sites (tertiary alicyclic amines) is 1. The number of carbonyl (C=O) groups is 1. The normalized spacial score (nSPS) is 25.3. The van der Waals surface area contributed by atoms with Gasteiger partial charge in [-0.25, -0.2) is 0 Å². The van der Waals surface area contributed by atoms with Crippen molar-refractivity contribution in [3.8, 4) is 6.07 Å². The summed E-state index contributed by atoms with van der Waals surface area (Å²) in [6.45, 7) is 8.02. The van der Waals surface area contributed by atoms with Gasteiger partial charge >= 0.3 is 0 Å². The van der Waals surface area contributed by atoms with Crippen molar-refractivity contribution in [1.29, 1.82) is 5.26 Å². The van der Waals surface area contributed by atoms with Crippen molar-refractivity contribution >= 4 is 22.6 Å². The first-order chi connectivity index (χ1) is 16.1. The smallest absolute Gasteiger partial charge is 0.225 e. The van der Waals surface area contributed by atoms with E-state index in [0.717, 1.165) is 56.8 Å². The number of carbonyl (C=O) groups excluding carboxylic acids is 1. The minimum absolute atomic E-state index is 0.0465. The number of piperidine rings is 2. The average Bonchev–Trinajstić information content (AvgIpc) is 3.25. The molecule has 0 bridgehead atoms. The minimum Gasteiger partial charge on any atom is -0.369 e. The van der Waals surface area contributed by atoms with E-state index in [9.17, 15) is 10.1 Å². The topological polar surface area (TPSA) is 97.2 Å². The number of anilines is 1. The first kappa shape index (κ1) is 22.1. The molecule has 3 aliphatic rings. The van der Waals surface area contributed by atoms with Crippen LogP contribution < -0.4 is 15.5 Å². The third-order valence-electron chi connectivity index (χ3n) is 7.72. The van der Waals surface area contributed by atoms with Crippen LogP contribution in [0.3, 0.4) is 0 Å². The van der Waals surface area contributed by atoms with Gasteiger partial charge in [-0.05, 0) is 56.8 Å². The van der Waals surface area contributed by atoms with Gasteiger partial charge in [-0.2, -0.15) is 5.26 Å². The molecule has 1 aromatic carbocycles. The molecule has 174 valence electrons. The second-order valence-corrected chi connectivity index (χ2v) is 9.79. The van der Waals surface area contributed by atoms with Crippen LogP contribution in [0.15, 0.2) is 24.5 Å². The second kappa shape index (κ2) is 9.62. The lowest BCUT2D eigenvalue weighted by atomic mass is 9.95. The molecule has 4 heterocycles. The third kappa shape index (κ3) is 4.53. The molecule has 3 aliphatic heterocycles. The van der Waals surface area contributed by atoms with E-state index < -0.39 is 0 Å². The van der Waals surface area contributed by atoms with Gasteiger partial charge in [-0.15, -0.1) is 0 Å². The van der Waals surface area contributed by atoms with Gasteiger partial charge in [0.15, 0.2) is 0 Å². The Hall–Kier alpha value is -2.76. The van der Waals surface area contributed by atoms with Gasteiger partial charge in [0.1, 0.15) is 17.1 Å². The summed E-state index contributed by atoms with van der Waals surface area (Å²) < 4.78 is 0. The summed E-state index contributed by atoms with van der Waals surface area (Å²) in [5.74, 6) is 0.381. The minimum atomic E-state index is -0.0465. The van der Waals surface area contributed by atoms with Gasteiger partial charge in [-0.1, -0.05) is 6.92 Å². The Morgan fingerprint density at radius 2 is 1.82 bits per heavy atom. The number of aromatic nitrogens is 2. The molecule has 1 aromatic heterocycles. The van der Waals surface area contributed by atoms with Crippen molar-refractivity contribution < 1.29 is 4.79 Å². The zero-order valence-corrected chi connectivity index (χ0v) is 19.3. The van der Waals surface area contributed by atoms with Crippen LogP contribution in [-0.4, -0.2) is 72.1 Å². The highest BCUT2D eigenvalue weighted by atomic mass is 16.2. The van der Waals surface area contributed by atoms with Crippen LogP contribution in [0.2, 0.25) is 0 Å². The molecule has 33 heavy (non-hydrogen) atoms. The fraction of sp³-hybridized carbons (Fsp3) is 0.600. The first-order valence-electron chi connectivity index (χ1n) is 12.3. The summed E-state index contributed by atoms with van der Waals surface area (Å²) in [5.41, 5.74) is 2.84. The molecule has 1 amide bonds. The van der Waals surface area contributed by atoms with Gasteiger partial charge in [0.25, 0.3) is 0 Å². The summed E-state index contributed by atoms with van der Waals surface area (Å²) in [4.78, 5) is 27.0. The maximum absolute atomic E-state index is 13.2. The average molecular weight is 448 g/mol. The fourth-order valence-corrected chi connectivity index (χ4v) is 5.78. The van der Waals surface area contributed by atoms with Crippen LogP contribution >= 0.6 is 0 Å². The van der Waals surface area contributed by atoms with E-state index in [2.05, 4.69) is 43.4 Å². The van der Waals surface area contributed by atoms with Crippen molar-refractivity contribution in [2.75, 3.05) is 44.2 Å². The third-order valence-corrected chi connectivity index (χ3v) is 7.72. The summed E-state index contributed by atoms with van der Waals surface area (Å²) in [7, 11) is 0. The monoisotopic (exact) mass is 447 g/mol.